The van der Waals surface area contributed by atoms with Gasteiger partial charge in [0.2, 0.25) is 0 Å². The number of hydrogen-bond acceptors (Lipinski definition) is 6. The summed E-state index contributed by atoms with van der Waals surface area (Å²) in [4.78, 5) is 2.25. The summed E-state index contributed by atoms with van der Waals surface area (Å²) in [7, 11) is 2.05. The van der Waals surface area contributed by atoms with Crippen molar-refractivity contribution >= 4 is 0 Å². The van der Waals surface area contributed by atoms with Crippen molar-refractivity contribution in [2.45, 2.75) is 35.9 Å². The minimum absolute atomic E-state index is 0.0760. The number of phenolic OH excluding ortho intramolecular Hbond substituents is 1. The lowest BCUT2D eigenvalue weighted by Gasteiger charge is -2.60. The van der Waals surface area contributed by atoms with Crippen molar-refractivity contribution in [2.75, 3.05) is 13.6 Å². The van der Waals surface area contributed by atoms with Crippen LogP contribution < -0.4 is 4.74 Å². The molecule has 2 aliphatic heterocycles. The number of rotatable bonds is 0. The molecular weight excluding hydrogens is 298 g/mol. The van der Waals surface area contributed by atoms with Gasteiger partial charge in [-0.3, -0.25) is 0 Å². The number of ether oxygens (including phenoxy) is 1. The molecule has 5 rings (SSSR count). The van der Waals surface area contributed by atoms with Gasteiger partial charge in [-0.1, -0.05) is 12.1 Å². The number of hydrogen-bond donors (Lipinski definition) is 4. The van der Waals surface area contributed by atoms with Gasteiger partial charge >= 0.3 is 0 Å². The first-order valence-electron chi connectivity index (χ1n) is 7.93. The Bertz CT molecular complexity index is 760. The van der Waals surface area contributed by atoms with E-state index in [4.69, 9.17) is 4.74 Å². The summed E-state index contributed by atoms with van der Waals surface area (Å²) in [5.74, 6) is -4.70. The second-order valence-corrected chi connectivity index (χ2v) is 7.28. The van der Waals surface area contributed by atoms with Crippen molar-refractivity contribution in [2.24, 2.45) is 5.92 Å². The summed E-state index contributed by atoms with van der Waals surface area (Å²) in [6.07, 6.45) is 4.31. The minimum atomic E-state index is -2.51. The van der Waals surface area contributed by atoms with Crippen molar-refractivity contribution in [1.29, 1.82) is 0 Å². The fraction of sp³-hybridized carbons (Fsp3) is 0.529. The van der Waals surface area contributed by atoms with E-state index in [0.29, 0.717) is 13.0 Å². The van der Waals surface area contributed by atoms with Crippen LogP contribution >= 0.6 is 0 Å². The molecule has 0 amide bonds. The predicted octanol–water partition coefficient (Wildman–Crippen LogP) is -0.162. The van der Waals surface area contributed by atoms with Crippen molar-refractivity contribution in [1.82, 2.24) is 4.90 Å². The molecule has 6 nitrogen and oxygen atoms in total. The molecule has 0 saturated carbocycles. The maximum atomic E-state index is 11.3. The fourth-order valence-electron chi connectivity index (χ4n) is 5.31. The van der Waals surface area contributed by atoms with Crippen molar-refractivity contribution in [3.63, 3.8) is 0 Å². The van der Waals surface area contributed by atoms with Crippen molar-refractivity contribution in [3.8, 4) is 11.5 Å². The van der Waals surface area contributed by atoms with Gasteiger partial charge in [0.25, 0.3) is 11.6 Å². The highest BCUT2D eigenvalue weighted by molar-refractivity contribution is 5.63. The maximum absolute atomic E-state index is 11.3. The van der Waals surface area contributed by atoms with Crippen LogP contribution in [-0.4, -0.2) is 56.5 Å². The van der Waals surface area contributed by atoms with Crippen LogP contribution in [0.2, 0.25) is 0 Å². The number of nitrogens with zero attached hydrogens (tertiary/aromatic N) is 1. The Morgan fingerprint density at radius 1 is 1.26 bits per heavy atom. The van der Waals surface area contributed by atoms with Crippen LogP contribution in [0, 0.1) is 5.92 Å². The molecule has 4 atom stereocenters. The normalized spacial score (nSPS) is 42.3. The molecule has 2 aliphatic carbocycles. The minimum Gasteiger partial charge on any atom is -0.504 e. The van der Waals surface area contributed by atoms with E-state index in [-0.39, 0.29) is 23.5 Å². The van der Waals surface area contributed by atoms with E-state index < -0.39 is 17.0 Å². The third-order valence-electron chi connectivity index (χ3n) is 6.40. The number of likely N-dealkylation sites (N-methyl/N-ethyl adjacent to an activating group) is 1. The molecule has 2 bridgehead atoms. The Morgan fingerprint density at radius 2 is 2.04 bits per heavy atom. The zero-order valence-electron chi connectivity index (χ0n) is 12.7. The van der Waals surface area contributed by atoms with Gasteiger partial charge in [0.1, 0.15) is 0 Å². The van der Waals surface area contributed by atoms with E-state index in [2.05, 4.69) is 4.90 Å². The summed E-state index contributed by atoms with van der Waals surface area (Å²) < 4.78 is 5.68. The van der Waals surface area contributed by atoms with Gasteiger partial charge in [-0.2, -0.15) is 0 Å². The quantitative estimate of drug-likeness (QED) is 0.392. The number of piperidine rings is 1. The summed E-state index contributed by atoms with van der Waals surface area (Å²) in [5, 5.41) is 42.5. The van der Waals surface area contributed by atoms with Gasteiger partial charge in [0.05, 0.1) is 5.41 Å². The van der Waals surface area contributed by atoms with Gasteiger partial charge in [0.15, 0.2) is 11.5 Å². The zero-order valence-corrected chi connectivity index (χ0v) is 12.7. The summed E-state index contributed by atoms with van der Waals surface area (Å²) >= 11 is 0. The maximum Gasteiger partial charge on any atom is 0.277 e. The van der Waals surface area contributed by atoms with Gasteiger partial charge in [-0.15, -0.1) is 0 Å². The van der Waals surface area contributed by atoms with Crippen molar-refractivity contribution < 1.29 is 25.2 Å². The second-order valence-electron chi connectivity index (χ2n) is 7.28. The van der Waals surface area contributed by atoms with E-state index in [1.807, 2.05) is 13.1 Å². The number of aliphatic hydroxyl groups is 3. The van der Waals surface area contributed by atoms with Gasteiger partial charge < -0.3 is 30.1 Å². The first-order chi connectivity index (χ1) is 10.8. The van der Waals surface area contributed by atoms with Crippen LogP contribution in [-0.2, 0) is 11.8 Å². The molecule has 1 saturated heterocycles. The predicted molar refractivity (Wildman–Crippen MR) is 79.9 cm³/mol. The molecule has 0 radical (unpaired) electrons. The molecule has 1 aromatic rings. The SMILES string of the molecule is CN1CC[C@]23c4c5ccc(O)c4O[C@@]2(O)C(O)(O)C=C[C@H]3[C@H]1C5. The van der Waals surface area contributed by atoms with Gasteiger partial charge in [-0.25, -0.2) is 0 Å². The largest absolute Gasteiger partial charge is 0.504 e. The van der Waals surface area contributed by atoms with Crippen LogP contribution in [0.1, 0.15) is 17.5 Å². The molecule has 4 N–H and O–H groups in total. The summed E-state index contributed by atoms with van der Waals surface area (Å²) in [5.41, 5.74) is 0.781. The van der Waals surface area contributed by atoms with Crippen LogP contribution in [0.3, 0.4) is 0 Å². The first kappa shape index (κ1) is 13.8. The third kappa shape index (κ3) is 1.25. The van der Waals surface area contributed by atoms with E-state index in [0.717, 1.165) is 17.5 Å². The summed E-state index contributed by atoms with van der Waals surface area (Å²) in [6.45, 7) is 0.714. The molecule has 1 spiro atoms. The number of phenols is 1. The van der Waals surface area contributed by atoms with E-state index in [1.54, 1.807) is 12.1 Å². The average Bonchev–Trinajstić information content (AvgIpc) is 2.78. The molecule has 4 aliphatic rings. The van der Waals surface area contributed by atoms with Crippen LogP contribution in [0.25, 0.3) is 0 Å². The first-order valence-corrected chi connectivity index (χ1v) is 7.93. The van der Waals surface area contributed by atoms with Crippen LogP contribution in [0.15, 0.2) is 24.3 Å². The molecule has 23 heavy (non-hydrogen) atoms. The smallest absolute Gasteiger partial charge is 0.277 e. The second kappa shape index (κ2) is 3.72. The standard InChI is InChI=1S/C17H19NO5/c1-18-7-6-15-10-4-5-16(20,21)17(15,22)23-14-12(19)3-2-9(13(14)15)8-11(10)18/h2-5,10-11,19-22H,6-8H2,1H3/t10-,11+,15-,17+/m0/s1. The molecule has 6 heteroatoms. The molecule has 1 aromatic carbocycles. The fourth-order valence-corrected chi connectivity index (χ4v) is 5.31. The highest BCUT2D eigenvalue weighted by Crippen LogP contribution is 2.66. The monoisotopic (exact) mass is 317 g/mol. The van der Waals surface area contributed by atoms with Gasteiger partial charge in [0, 0.05) is 17.5 Å². The molecule has 2 heterocycles. The Labute approximate surface area is 133 Å². The number of aromatic hydroxyl groups is 1. The third-order valence-corrected chi connectivity index (χ3v) is 6.40. The lowest BCUT2D eigenvalue weighted by Crippen LogP contribution is -2.75. The molecule has 0 unspecified atom stereocenters. The van der Waals surface area contributed by atoms with Gasteiger partial charge in [-0.05, 0) is 44.1 Å². The highest BCUT2D eigenvalue weighted by Gasteiger charge is 2.76. The topological polar surface area (TPSA) is 93.4 Å². The van der Waals surface area contributed by atoms with E-state index in [9.17, 15) is 20.4 Å². The molecular formula is C17H19NO5. The Balaban J connectivity index is 1.90. The van der Waals surface area contributed by atoms with E-state index >= 15 is 0 Å². The van der Waals surface area contributed by atoms with Crippen molar-refractivity contribution in [3.05, 3.63) is 35.4 Å². The lowest BCUT2D eigenvalue weighted by molar-refractivity contribution is -0.355. The van der Waals surface area contributed by atoms with Crippen LogP contribution in [0.5, 0.6) is 11.5 Å². The van der Waals surface area contributed by atoms with E-state index in [1.165, 1.54) is 6.08 Å². The molecule has 122 valence electrons. The zero-order chi connectivity index (χ0) is 16.2. The van der Waals surface area contributed by atoms with Crippen LogP contribution in [0.4, 0.5) is 0 Å². The lowest BCUT2D eigenvalue weighted by atomic mass is 9.51. The Hall–Kier alpha value is -1.60. The molecule has 0 aromatic heterocycles. The number of benzene rings is 1. The highest BCUT2D eigenvalue weighted by atomic mass is 16.7. The average molecular weight is 317 g/mol. The molecule has 1 fully saturated rings. The summed E-state index contributed by atoms with van der Waals surface area (Å²) in [6, 6.07) is 3.54. The Kier molecular flexibility index (Phi) is 2.24. The number of likely N-dealkylation sites (tertiary alicyclic amines) is 1. The Morgan fingerprint density at radius 3 is 2.83 bits per heavy atom.